The van der Waals surface area contributed by atoms with Crippen LogP contribution < -0.4 is 10.5 Å². The van der Waals surface area contributed by atoms with Gasteiger partial charge in [-0.1, -0.05) is 22.9 Å². The van der Waals surface area contributed by atoms with Crippen molar-refractivity contribution in [2.24, 2.45) is 0 Å². The molecule has 1 fully saturated rings. The number of carbonyl (C=O) groups excluding carboxylic acids is 1. The lowest BCUT2D eigenvalue weighted by Gasteiger charge is -2.27. The first kappa shape index (κ1) is 23.8. The van der Waals surface area contributed by atoms with Gasteiger partial charge in [0.25, 0.3) is 5.56 Å². The number of aryl methyl sites for hydroxylation is 2. The van der Waals surface area contributed by atoms with Crippen molar-refractivity contribution in [2.75, 3.05) is 44.3 Å². The molecule has 8 nitrogen and oxygen atoms in total. The van der Waals surface area contributed by atoms with Crippen molar-refractivity contribution in [2.45, 2.75) is 33.7 Å². The zero-order valence-electron chi connectivity index (χ0n) is 19.1. The van der Waals surface area contributed by atoms with Crippen LogP contribution in [0.15, 0.2) is 23.3 Å². The van der Waals surface area contributed by atoms with E-state index in [0.29, 0.717) is 28.0 Å². The highest BCUT2D eigenvalue weighted by Crippen LogP contribution is 2.33. The molecule has 176 valence electrons. The molecule has 3 aromatic rings. The third-order valence-corrected chi connectivity index (χ3v) is 7.20. The number of hydrogen-bond acceptors (Lipinski definition) is 7. The molecule has 4 rings (SSSR count). The minimum Gasteiger partial charge on any atom is -0.379 e. The normalized spacial score (nSPS) is 14.7. The number of morpholine rings is 1. The molecule has 0 saturated carbocycles. The van der Waals surface area contributed by atoms with Gasteiger partial charge in [0.1, 0.15) is 6.54 Å². The molecule has 1 aliphatic heterocycles. The number of benzene rings is 1. The molecule has 0 aliphatic carbocycles. The van der Waals surface area contributed by atoms with Gasteiger partial charge in [0.05, 0.1) is 29.8 Å². The zero-order chi connectivity index (χ0) is 23.5. The maximum atomic E-state index is 13.4. The van der Waals surface area contributed by atoms with Crippen molar-refractivity contribution in [3.8, 4) is 0 Å². The Balaban J connectivity index is 1.59. The molecule has 1 aromatic carbocycles. The third-order valence-electron chi connectivity index (χ3n) is 5.95. The quantitative estimate of drug-likeness (QED) is 0.507. The van der Waals surface area contributed by atoms with E-state index in [1.165, 1.54) is 22.2 Å². The van der Waals surface area contributed by atoms with Crippen molar-refractivity contribution < 1.29 is 9.53 Å². The van der Waals surface area contributed by atoms with Gasteiger partial charge in [-0.3, -0.25) is 24.0 Å². The molecule has 33 heavy (non-hydrogen) atoms. The minimum atomic E-state index is -0.198. The van der Waals surface area contributed by atoms with Gasteiger partial charge in [-0.15, -0.1) is 0 Å². The van der Waals surface area contributed by atoms with E-state index in [-0.39, 0.29) is 18.0 Å². The van der Waals surface area contributed by atoms with Crippen LogP contribution in [0.25, 0.3) is 10.2 Å². The fourth-order valence-electron chi connectivity index (χ4n) is 3.88. The Morgan fingerprint density at radius 1 is 1.24 bits per heavy atom. The Labute approximate surface area is 201 Å². The first-order valence-electron chi connectivity index (χ1n) is 11.0. The lowest BCUT2D eigenvalue weighted by molar-refractivity contribution is -0.119. The van der Waals surface area contributed by atoms with Crippen molar-refractivity contribution in [3.63, 3.8) is 0 Å². The molecular formula is C23H28ClN5O3S. The molecule has 1 aliphatic rings. The van der Waals surface area contributed by atoms with E-state index in [9.17, 15) is 9.59 Å². The second-order valence-electron chi connectivity index (χ2n) is 8.31. The number of aromatic nitrogens is 3. The summed E-state index contributed by atoms with van der Waals surface area (Å²) in [5.74, 6) is -0.188. The molecule has 0 bridgehead atoms. The van der Waals surface area contributed by atoms with Gasteiger partial charge in [-0.25, -0.2) is 9.97 Å². The smallest absolute Gasteiger partial charge is 0.256 e. The summed E-state index contributed by atoms with van der Waals surface area (Å²) >= 11 is 7.68. The van der Waals surface area contributed by atoms with Gasteiger partial charge in [-0.05, 0) is 44.9 Å². The number of carbonyl (C=O) groups is 1. The fraction of sp³-hybridized carbons (Fsp3) is 0.478. The number of anilines is 1. The highest BCUT2D eigenvalue weighted by atomic mass is 35.5. The summed E-state index contributed by atoms with van der Waals surface area (Å²) in [6.07, 6.45) is 2.23. The zero-order valence-corrected chi connectivity index (χ0v) is 20.7. The second-order valence-corrected chi connectivity index (χ2v) is 9.75. The van der Waals surface area contributed by atoms with Gasteiger partial charge in [0.15, 0.2) is 5.13 Å². The van der Waals surface area contributed by atoms with Gasteiger partial charge >= 0.3 is 0 Å². The van der Waals surface area contributed by atoms with Crippen LogP contribution in [0.2, 0.25) is 5.02 Å². The molecule has 2 aromatic heterocycles. The number of nitrogens with zero attached hydrogens (tertiary/aromatic N) is 5. The highest BCUT2D eigenvalue weighted by Gasteiger charge is 2.22. The lowest BCUT2D eigenvalue weighted by atomic mass is 10.2. The van der Waals surface area contributed by atoms with E-state index >= 15 is 0 Å². The van der Waals surface area contributed by atoms with Gasteiger partial charge in [-0.2, -0.15) is 0 Å². The van der Waals surface area contributed by atoms with Crippen LogP contribution in [-0.4, -0.2) is 64.7 Å². The van der Waals surface area contributed by atoms with Crippen LogP contribution in [0.4, 0.5) is 5.13 Å². The monoisotopic (exact) mass is 489 g/mol. The summed E-state index contributed by atoms with van der Waals surface area (Å²) in [5, 5.41) is 1.26. The SMILES string of the molecule is Cc1ncn(CC(=O)N(CCCN2CCOCC2)c2nc3c(C)cc(Cl)cc3s2)c(=O)c1C. The minimum absolute atomic E-state index is 0.0832. The third kappa shape index (κ3) is 5.43. The Kier molecular flexibility index (Phi) is 7.43. The Bertz CT molecular complexity index is 1220. The van der Waals surface area contributed by atoms with Crippen molar-refractivity contribution in [1.29, 1.82) is 0 Å². The standard InChI is InChI=1S/C23H28ClN5O3S/c1-15-11-18(24)12-19-21(15)26-23(33-19)29(6-4-5-27-7-9-32-10-8-27)20(30)13-28-14-25-17(3)16(2)22(28)31/h11-12,14H,4-10,13H2,1-3H3. The highest BCUT2D eigenvalue weighted by molar-refractivity contribution is 7.22. The number of thiazole rings is 1. The second kappa shape index (κ2) is 10.3. The van der Waals surface area contributed by atoms with Crippen LogP contribution in [0.3, 0.4) is 0 Å². The molecule has 1 saturated heterocycles. The molecule has 10 heteroatoms. The van der Waals surface area contributed by atoms with E-state index < -0.39 is 0 Å². The molecule has 0 unspecified atom stereocenters. The van der Waals surface area contributed by atoms with E-state index in [2.05, 4.69) is 9.88 Å². The van der Waals surface area contributed by atoms with E-state index in [4.69, 9.17) is 21.3 Å². The molecule has 0 radical (unpaired) electrons. The fourth-order valence-corrected chi connectivity index (χ4v) is 5.35. The summed E-state index contributed by atoms with van der Waals surface area (Å²) in [6.45, 7) is 10.0. The van der Waals surface area contributed by atoms with Crippen LogP contribution >= 0.6 is 22.9 Å². The number of hydrogen-bond donors (Lipinski definition) is 0. The van der Waals surface area contributed by atoms with E-state index in [1.807, 2.05) is 19.1 Å². The van der Waals surface area contributed by atoms with Crippen LogP contribution in [0, 0.1) is 20.8 Å². The number of fused-ring (bicyclic) bond motifs is 1. The lowest BCUT2D eigenvalue weighted by Crippen LogP contribution is -2.41. The van der Waals surface area contributed by atoms with Crippen molar-refractivity contribution in [3.05, 3.63) is 50.7 Å². The average Bonchev–Trinajstić information content (AvgIpc) is 3.21. The number of ether oxygens (including phenoxy) is 1. The van der Waals surface area contributed by atoms with Crippen LogP contribution in [-0.2, 0) is 16.1 Å². The van der Waals surface area contributed by atoms with Crippen molar-refractivity contribution >= 4 is 44.2 Å². The molecule has 0 N–H and O–H groups in total. The maximum absolute atomic E-state index is 13.4. The predicted molar refractivity (Wildman–Crippen MR) is 132 cm³/mol. The number of amides is 1. The predicted octanol–water partition coefficient (Wildman–Crippen LogP) is 3.19. The summed E-state index contributed by atoms with van der Waals surface area (Å²) in [6, 6.07) is 3.75. The molecule has 0 spiro atoms. The van der Waals surface area contributed by atoms with Gasteiger partial charge in [0, 0.05) is 42.5 Å². The first-order chi connectivity index (χ1) is 15.8. The summed E-state index contributed by atoms with van der Waals surface area (Å²) in [5.41, 5.74) is 2.83. The van der Waals surface area contributed by atoms with Crippen LogP contribution in [0.1, 0.15) is 23.2 Å². The summed E-state index contributed by atoms with van der Waals surface area (Å²) in [4.78, 5) is 39.1. The first-order valence-corrected chi connectivity index (χ1v) is 12.2. The molecule has 3 heterocycles. The molecular weight excluding hydrogens is 462 g/mol. The van der Waals surface area contributed by atoms with E-state index in [1.54, 1.807) is 18.7 Å². The molecule has 0 atom stereocenters. The van der Waals surface area contributed by atoms with Crippen LogP contribution in [0.5, 0.6) is 0 Å². The van der Waals surface area contributed by atoms with Gasteiger partial charge < -0.3 is 4.74 Å². The average molecular weight is 490 g/mol. The van der Waals surface area contributed by atoms with E-state index in [0.717, 1.165) is 55.0 Å². The Morgan fingerprint density at radius 2 is 2.00 bits per heavy atom. The number of halogens is 1. The Morgan fingerprint density at radius 3 is 2.76 bits per heavy atom. The summed E-state index contributed by atoms with van der Waals surface area (Å²) < 4.78 is 7.73. The molecule has 1 amide bonds. The Hall–Kier alpha value is -2.33. The number of rotatable bonds is 7. The largest absolute Gasteiger partial charge is 0.379 e. The van der Waals surface area contributed by atoms with Gasteiger partial charge in [0.2, 0.25) is 5.91 Å². The summed E-state index contributed by atoms with van der Waals surface area (Å²) in [7, 11) is 0. The topological polar surface area (TPSA) is 80.6 Å². The maximum Gasteiger partial charge on any atom is 0.256 e. The van der Waals surface area contributed by atoms with Crippen molar-refractivity contribution in [1.82, 2.24) is 19.4 Å².